The summed E-state index contributed by atoms with van der Waals surface area (Å²) in [5, 5.41) is 21.5. The predicted octanol–water partition coefficient (Wildman–Crippen LogP) is 4.19. The third kappa shape index (κ3) is 6.38. The number of hydrogen-bond acceptors (Lipinski definition) is 4. The number of rotatable bonds is 8. The molecule has 0 aromatic heterocycles. The molecule has 0 heterocycles. The van der Waals surface area contributed by atoms with Crippen LogP contribution in [0.4, 0.5) is 4.39 Å². The van der Waals surface area contributed by atoms with Crippen molar-refractivity contribution in [3.63, 3.8) is 0 Å². The number of halogens is 1. The van der Waals surface area contributed by atoms with E-state index in [-0.39, 0.29) is 23.2 Å². The van der Waals surface area contributed by atoms with E-state index in [0.717, 1.165) is 11.1 Å². The topological polar surface area (TPSA) is 78.8 Å². The first kappa shape index (κ1) is 20.9. The highest BCUT2D eigenvalue weighted by atomic mass is 19.1. The van der Waals surface area contributed by atoms with Crippen LogP contribution >= 0.6 is 0 Å². The van der Waals surface area contributed by atoms with Crippen LogP contribution in [0.2, 0.25) is 0 Å². The summed E-state index contributed by atoms with van der Waals surface area (Å²) < 4.78 is 18.6. The van der Waals surface area contributed by atoms with E-state index in [1.807, 2.05) is 24.3 Å². The van der Waals surface area contributed by atoms with Crippen LogP contribution in [0.15, 0.2) is 72.8 Å². The summed E-state index contributed by atoms with van der Waals surface area (Å²) in [4.78, 5) is 11.9. The first-order chi connectivity index (χ1) is 14.5. The van der Waals surface area contributed by atoms with Crippen molar-refractivity contribution in [1.29, 1.82) is 0 Å². The van der Waals surface area contributed by atoms with Gasteiger partial charge in [0.1, 0.15) is 18.2 Å². The molecule has 3 aromatic carbocycles. The number of hydrogen-bond donors (Lipinski definition) is 3. The summed E-state index contributed by atoms with van der Waals surface area (Å²) in [7, 11) is 0. The second-order valence-corrected chi connectivity index (χ2v) is 6.68. The highest BCUT2D eigenvalue weighted by molar-refractivity contribution is 5.91. The molecule has 3 aromatic rings. The lowest BCUT2D eigenvalue weighted by Crippen LogP contribution is -2.23. The monoisotopic (exact) mass is 407 g/mol. The van der Waals surface area contributed by atoms with Gasteiger partial charge in [0.25, 0.3) is 0 Å². The lowest BCUT2D eigenvalue weighted by molar-refractivity contribution is -0.116. The van der Waals surface area contributed by atoms with Gasteiger partial charge in [-0.1, -0.05) is 30.3 Å². The zero-order chi connectivity index (χ0) is 21.3. The molecule has 6 heteroatoms. The molecule has 0 radical (unpaired) electrons. The van der Waals surface area contributed by atoms with Crippen molar-refractivity contribution in [2.24, 2.45) is 0 Å². The Bertz CT molecular complexity index is 1010. The van der Waals surface area contributed by atoms with Gasteiger partial charge in [0.15, 0.2) is 11.5 Å². The maximum Gasteiger partial charge on any atom is 0.244 e. The third-order valence-electron chi connectivity index (χ3n) is 4.38. The summed E-state index contributed by atoms with van der Waals surface area (Å²) >= 11 is 0. The van der Waals surface area contributed by atoms with E-state index in [2.05, 4.69) is 5.32 Å². The number of phenols is 2. The van der Waals surface area contributed by atoms with E-state index < -0.39 is 0 Å². The maximum atomic E-state index is 12.9. The van der Waals surface area contributed by atoms with E-state index in [9.17, 15) is 19.4 Å². The molecule has 0 aliphatic heterocycles. The molecule has 5 nitrogen and oxygen atoms in total. The molecule has 3 rings (SSSR count). The molecule has 0 bridgehead atoms. The Morgan fingerprint density at radius 1 is 0.933 bits per heavy atom. The van der Waals surface area contributed by atoms with E-state index >= 15 is 0 Å². The number of nitrogens with one attached hydrogen (secondary N) is 1. The average molecular weight is 407 g/mol. The highest BCUT2D eigenvalue weighted by Crippen LogP contribution is 2.25. The van der Waals surface area contributed by atoms with Gasteiger partial charge in [-0.3, -0.25) is 4.79 Å². The zero-order valence-electron chi connectivity index (χ0n) is 16.2. The number of carbonyl (C=O) groups excluding carboxylic acids is 1. The Labute approximate surface area is 174 Å². The number of amides is 1. The van der Waals surface area contributed by atoms with E-state index in [1.165, 1.54) is 30.3 Å². The number of ether oxygens (including phenoxy) is 1. The van der Waals surface area contributed by atoms with Crippen molar-refractivity contribution < 1.29 is 24.1 Å². The number of carbonyl (C=O) groups is 1. The summed E-state index contributed by atoms with van der Waals surface area (Å²) in [6.07, 6.45) is 3.60. The minimum absolute atomic E-state index is 0.205. The fraction of sp³-hybridized carbons (Fsp3) is 0.125. The molecule has 0 unspecified atom stereocenters. The summed E-state index contributed by atoms with van der Waals surface area (Å²) in [6, 6.07) is 18.1. The predicted molar refractivity (Wildman–Crippen MR) is 113 cm³/mol. The van der Waals surface area contributed by atoms with Crippen LogP contribution in [0.5, 0.6) is 17.2 Å². The number of benzene rings is 3. The van der Waals surface area contributed by atoms with Crippen LogP contribution in [0.3, 0.4) is 0 Å². The number of phenolic OH excluding ortho intramolecular Hbond substituents is 2. The normalized spacial score (nSPS) is 10.8. The molecule has 0 aliphatic carbocycles. The van der Waals surface area contributed by atoms with Gasteiger partial charge in [0.05, 0.1) is 0 Å². The molecule has 0 atom stereocenters. The first-order valence-corrected chi connectivity index (χ1v) is 9.44. The Morgan fingerprint density at radius 3 is 2.33 bits per heavy atom. The van der Waals surface area contributed by atoms with Crippen molar-refractivity contribution in [2.45, 2.75) is 13.0 Å². The van der Waals surface area contributed by atoms with Crippen molar-refractivity contribution >= 4 is 12.0 Å². The lowest BCUT2D eigenvalue weighted by Gasteiger charge is -2.08. The number of aromatic hydroxyl groups is 2. The molecule has 0 aliphatic rings. The minimum atomic E-state index is -0.273. The van der Waals surface area contributed by atoms with Gasteiger partial charge in [0, 0.05) is 12.6 Å². The fourth-order valence-electron chi connectivity index (χ4n) is 2.70. The molecule has 0 saturated carbocycles. The van der Waals surface area contributed by atoms with E-state index in [0.29, 0.717) is 30.9 Å². The van der Waals surface area contributed by atoms with E-state index in [1.54, 1.807) is 24.3 Å². The molecule has 0 saturated heterocycles. The fourth-order valence-corrected chi connectivity index (χ4v) is 2.70. The van der Waals surface area contributed by atoms with Crippen LogP contribution in [-0.4, -0.2) is 22.7 Å². The van der Waals surface area contributed by atoms with Gasteiger partial charge in [-0.05, 0) is 65.6 Å². The molecule has 1 amide bonds. The second kappa shape index (κ2) is 10.1. The minimum Gasteiger partial charge on any atom is -0.504 e. The largest absolute Gasteiger partial charge is 0.504 e. The summed E-state index contributed by atoms with van der Waals surface area (Å²) in [5.41, 5.74) is 2.55. The van der Waals surface area contributed by atoms with Crippen molar-refractivity contribution in [2.75, 3.05) is 6.54 Å². The van der Waals surface area contributed by atoms with Crippen LogP contribution < -0.4 is 10.1 Å². The summed E-state index contributed by atoms with van der Waals surface area (Å²) in [6.45, 7) is 0.834. The standard InChI is InChI=1S/C24H22FNO4/c25-20-7-1-19(2-8-20)16-30-21-9-3-17(4-10-21)13-14-26-24(29)12-6-18-5-11-22(27)23(28)15-18/h1-12,15,27-28H,13-14,16H2,(H,26,29)/b12-6+. The Hall–Kier alpha value is -3.80. The second-order valence-electron chi connectivity index (χ2n) is 6.68. The molecular formula is C24H22FNO4. The molecule has 30 heavy (non-hydrogen) atoms. The average Bonchev–Trinajstić information content (AvgIpc) is 2.75. The van der Waals surface area contributed by atoms with Crippen LogP contribution in [0, 0.1) is 5.82 Å². The zero-order valence-corrected chi connectivity index (χ0v) is 16.2. The van der Waals surface area contributed by atoms with Crippen molar-refractivity contribution in [3.8, 4) is 17.2 Å². The van der Waals surface area contributed by atoms with E-state index in [4.69, 9.17) is 4.74 Å². The van der Waals surface area contributed by atoms with Gasteiger partial charge in [0.2, 0.25) is 5.91 Å². The Kier molecular flexibility index (Phi) is 7.05. The first-order valence-electron chi connectivity index (χ1n) is 9.44. The SMILES string of the molecule is O=C(/C=C/c1ccc(O)c(O)c1)NCCc1ccc(OCc2ccc(F)cc2)cc1. The third-order valence-corrected chi connectivity index (χ3v) is 4.38. The van der Waals surface area contributed by atoms with Crippen LogP contribution in [-0.2, 0) is 17.8 Å². The van der Waals surface area contributed by atoms with Gasteiger partial charge < -0.3 is 20.3 Å². The Balaban J connectivity index is 1.41. The van der Waals surface area contributed by atoms with Crippen LogP contribution in [0.25, 0.3) is 6.08 Å². The molecular weight excluding hydrogens is 385 g/mol. The van der Waals surface area contributed by atoms with Crippen molar-refractivity contribution in [1.82, 2.24) is 5.32 Å². The quantitative estimate of drug-likeness (QED) is 0.387. The van der Waals surface area contributed by atoms with Crippen LogP contribution in [0.1, 0.15) is 16.7 Å². The smallest absolute Gasteiger partial charge is 0.244 e. The van der Waals surface area contributed by atoms with Gasteiger partial charge in [-0.2, -0.15) is 0 Å². The maximum absolute atomic E-state index is 12.9. The van der Waals surface area contributed by atoms with Gasteiger partial charge in [-0.15, -0.1) is 0 Å². The lowest BCUT2D eigenvalue weighted by atomic mass is 10.1. The molecule has 3 N–H and O–H groups in total. The highest BCUT2D eigenvalue weighted by Gasteiger charge is 2.01. The van der Waals surface area contributed by atoms with Gasteiger partial charge >= 0.3 is 0 Å². The molecule has 154 valence electrons. The molecule has 0 spiro atoms. The Morgan fingerprint density at radius 2 is 1.63 bits per heavy atom. The van der Waals surface area contributed by atoms with Gasteiger partial charge in [-0.25, -0.2) is 4.39 Å². The molecule has 0 fully saturated rings. The summed E-state index contributed by atoms with van der Waals surface area (Å²) in [5.74, 6) is -0.245. The van der Waals surface area contributed by atoms with Crippen molar-refractivity contribution in [3.05, 3.63) is 95.3 Å².